The third-order valence-corrected chi connectivity index (χ3v) is 3.42. The second-order valence-corrected chi connectivity index (χ2v) is 5.22. The van der Waals surface area contributed by atoms with E-state index >= 15 is 0 Å². The molecule has 4 rings (SSSR count). The number of fused-ring (bicyclic) bond motifs is 2. The molecular formula is C18H17F2N3O5. The number of aromatic nitrogens is 2. The monoisotopic (exact) mass is 393 g/mol. The van der Waals surface area contributed by atoms with Crippen LogP contribution in [0.15, 0.2) is 36.4 Å². The quantitative estimate of drug-likeness (QED) is 0.587. The minimum Gasteiger partial charge on any atom is -0.400 e. The van der Waals surface area contributed by atoms with E-state index in [4.69, 9.17) is 5.11 Å². The molecule has 1 aliphatic rings. The average molecular weight is 393 g/mol. The highest BCUT2D eigenvalue weighted by molar-refractivity contribution is 5.82. The van der Waals surface area contributed by atoms with Crippen LogP contribution in [0.5, 0.6) is 11.5 Å². The molecule has 1 aromatic heterocycles. The number of aldehydes is 2. The Morgan fingerprint density at radius 1 is 1.07 bits per heavy atom. The predicted molar refractivity (Wildman–Crippen MR) is 97.2 cm³/mol. The Balaban J connectivity index is 0.000000202. The molecule has 0 saturated carbocycles. The van der Waals surface area contributed by atoms with Gasteiger partial charge in [0.1, 0.15) is 12.6 Å². The fraction of sp³-hybridized carbons (Fsp3) is 0.167. The molecule has 10 heteroatoms. The number of nitrogens with zero attached hydrogens (tertiary/aromatic N) is 1. The maximum atomic E-state index is 12.8. The second-order valence-electron chi connectivity index (χ2n) is 5.22. The Labute approximate surface area is 158 Å². The zero-order chi connectivity index (χ0) is 20.7. The van der Waals surface area contributed by atoms with Crippen LogP contribution in [0.25, 0.3) is 11.0 Å². The number of H-pyrrole nitrogens is 1. The normalized spacial score (nSPS) is 12.9. The Morgan fingerprint density at radius 2 is 1.64 bits per heavy atom. The fourth-order valence-electron chi connectivity index (χ4n) is 2.28. The number of aliphatic hydroxyl groups is 1. The Hall–Kier alpha value is -3.53. The molecular weight excluding hydrogens is 376 g/mol. The molecule has 0 unspecified atom stereocenters. The van der Waals surface area contributed by atoms with E-state index in [9.17, 15) is 18.4 Å². The molecule has 0 atom stereocenters. The summed E-state index contributed by atoms with van der Waals surface area (Å²) in [4.78, 5) is 27.3. The lowest BCUT2D eigenvalue weighted by Crippen LogP contribution is -2.25. The van der Waals surface area contributed by atoms with E-state index in [0.29, 0.717) is 40.7 Å². The molecule has 0 saturated heterocycles. The van der Waals surface area contributed by atoms with Crippen LogP contribution in [0.3, 0.4) is 0 Å². The highest BCUT2D eigenvalue weighted by atomic mass is 19.3. The van der Waals surface area contributed by atoms with Crippen molar-refractivity contribution in [3.63, 3.8) is 0 Å². The predicted octanol–water partition coefficient (Wildman–Crippen LogP) is 2.85. The number of benzene rings is 2. The van der Waals surface area contributed by atoms with Gasteiger partial charge in [-0.1, -0.05) is 18.2 Å². The van der Waals surface area contributed by atoms with Crippen molar-refractivity contribution in [2.45, 2.75) is 6.29 Å². The van der Waals surface area contributed by atoms with E-state index in [2.05, 4.69) is 24.8 Å². The van der Waals surface area contributed by atoms with E-state index in [1.54, 1.807) is 31.3 Å². The number of ether oxygens (including phenoxy) is 2. The van der Waals surface area contributed by atoms with Gasteiger partial charge in [0.2, 0.25) is 5.95 Å². The smallest absolute Gasteiger partial charge is 0.400 e. The largest absolute Gasteiger partial charge is 0.586 e. The van der Waals surface area contributed by atoms with Gasteiger partial charge < -0.3 is 24.9 Å². The topological polar surface area (TPSA) is 114 Å². The van der Waals surface area contributed by atoms with Crippen molar-refractivity contribution < 1.29 is 33.0 Å². The molecule has 1 aliphatic heterocycles. The van der Waals surface area contributed by atoms with Gasteiger partial charge in [-0.25, -0.2) is 4.98 Å². The third-order valence-electron chi connectivity index (χ3n) is 3.42. The van der Waals surface area contributed by atoms with Gasteiger partial charge >= 0.3 is 6.29 Å². The molecule has 28 heavy (non-hydrogen) atoms. The van der Waals surface area contributed by atoms with E-state index in [1.165, 1.54) is 12.1 Å². The van der Waals surface area contributed by atoms with Crippen LogP contribution >= 0.6 is 0 Å². The van der Waals surface area contributed by atoms with E-state index in [0.717, 1.165) is 7.11 Å². The van der Waals surface area contributed by atoms with Gasteiger partial charge in [-0.2, -0.15) is 0 Å². The second kappa shape index (κ2) is 8.91. The van der Waals surface area contributed by atoms with Crippen molar-refractivity contribution >= 4 is 29.6 Å². The van der Waals surface area contributed by atoms with Gasteiger partial charge in [-0.05, 0) is 6.07 Å². The summed E-state index contributed by atoms with van der Waals surface area (Å²) in [6, 6.07) is 9.36. The number of alkyl halides is 2. The number of carbonyl (C=O) groups is 2. The van der Waals surface area contributed by atoms with Crippen molar-refractivity contribution in [2.75, 3.05) is 19.5 Å². The lowest BCUT2D eigenvalue weighted by molar-refractivity contribution is -0.286. The van der Waals surface area contributed by atoms with Crippen LogP contribution in [-0.2, 0) is 0 Å². The van der Waals surface area contributed by atoms with Crippen LogP contribution in [0, 0.1) is 0 Å². The summed E-state index contributed by atoms with van der Waals surface area (Å²) in [6.07, 6.45) is -2.16. The van der Waals surface area contributed by atoms with Crippen LogP contribution in [0.4, 0.5) is 14.7 Å². The number of anilines is 1. The summed E-state index contributed by atoms with van der Waals surface area (Å²) in [5.74, 6) is 0.542. The van der Waals surface area contributed by atoms with Gasteiger partial charge in [0, 0.05) is 37.4 Å². The Kier molecular flexibility index (Phi) is 6.61. The van der Waals surface area contributed by atoms with E-state index in [1.807, 2.05) is 0 Å². The Morgan fingerprint density at radius 3 is 2.18 bits per heavy atom. The van der Waals surface area contributed by atoms with Crippen LogP contribution < -0.4 is 14.8 Å². The lowest BCUT2D eigenvalue weighted by Gasteiger charge is -2.04. The number of hydrogen-bond donors (Lipinski definition) is 3. The van der Waals surface area contributed by atoms with Gasteiger partial charge in [-0.15, -0.1) is 8.78 Å². The fourth-order valence-corrected chi connectivity index (χ4v) is 2.28. The van der Waals surface area contributed by atoms with Gasteiger partial charge in [0.25, 0.3) is 0 Å². The van der Waals surface area contributed by atoms with Crippen LogP contribution in [0.2, 0.25) is 0 Å². The van der Waals surface area contributed by atoms with Crippen molar-refractivity contribution in [1.82, 2.24) is 9.97 Å². The Bertz CT molecular complexity index is 907. The molecule has 0 fully saturated rings. The number of halogens is 2. The number of rotatable bonds is 3. The molecule has 0 amide bonds. The summed E-state index contributed by atoms with van der Waals surface area (Å²) < 4.78 is 34.1. The molecule has 0 bridgehead atoms. The first-order valence-corrected chi connectivity index (χ1v) is 7.86. The number of aliphatic hydroxyl groups excluding tert-OH is 1. The summed E-state index contributed by atoms with van der Waals surface area (Å²) in [5.41, 5.74) is 2.20. The molecule has 148 valence electrons. The van der Waals surface area contributed by atoms with Crippen LogP contribution in [0.1, 0.15) is 20.7 Å². The van der Waals surface area contributed by atoms with Crippen molar-refractivity contribution in [3.8, 4) is 11.5 Å². The van der Waals surface area contributed by atoms with Crippen molar-refractivity contribution in [1.29, 1.82) is 0 Å². The van der Waals surface area contributed by atoms with Crippen LogP contribution in [-0.4, -0.2) is 48.1 Å². The molecule has 0 aliphatic carbocycles. The molecule has 8 nitrogen and oxygen atoms in total. The molecule has 2 heterocycles. The van der Waals surface area contributed by atoms with Gasteiger partial charge in [0.15, 0.2) is 11.5 Å². The standard InChI is InChI=1S/C9H7F2N3O2.C8H6O2.CH4O/c1-12-8-13-4-2-6-7(3-5(4)14-8)16-9(10,11)15-6;9-5-7-2-1-3-8(4-7)6-10;1-2/h2-3H,1H3,(H2,12,13,14);1-6H;2H,1H3. The number of hydrogen-bond acceptors (Lipinski definition) is 7. The first kappa shape index (κ1) is 20.8. The zero-order valence-corrected chi connectivity index (χ0v) is 14.9. The van der Waals surface area contributed by atoms with E-state index < -0.39 is 6.29 Å². The zero-order valence-electron chi connectivity index (χ0n) is 14.9. The summed E-state index contributed by atoms with van der Waals surface area (Å²) in [7, 11) is 2.70. The average Bonchev–Trinajstić information content (AvgIpc) is 3.25. The highest BCUT2D eigenvalue weighted by Crippen LogP contribution is 2.42. The number of nitrogens with one attached hydrogen (secondary N) is 2. The molecule has 3 N–H and O–H groups in total. The van der Waals surface area contributed by atoms with Crippen molar-refractivity contribution in [2.24, 2.45) is 0 Å². The molecule has 2 aromatic carbocycles. The third kappa shape index (κ3) is 4.80. The van der Waals surface area contributed by atoms with Crippen molar-refractivity contribution in [3.05, 3.63) is 47.5 Å². The summed E-state index contributed by atoms with van der Waals surface area (Å²) in [6.45, 7) is 0. The first-order valence-electron chi connectivity index (χ1n) is 7.86. The van der Waals surface area contributed by atoms with Gasteiger partial charge in [0.05, 0.1) is 11.0 Å². The first-order chi connectivity index (χ1) is 13.4. The SMILES string of the molecule is CNc1nc2cc3c(cc2[nH]1)OC(F)(F)O3.CO.O=Cc1cccc(C=O)c1. The molecule has 3 aromatic rings. The molecule has 0 spiro atoms. The van der Waals surface area contributed by atoms with E-state index in [-0.39, 0.29) is 11.5 Å². The minimum absolute atomic E-state index is 0.00352. The van der Waals surface area contributed by atoms with Gasteiger partial charge in [-0.3, -0.25) is 9.59 Å². The maximum Gasteiger partial charge on any atom is 0.586 e. The number of imidazole rings is 1. The molecule has 0 radical (unpaired) electrons. The highest BCUT2D eigenvalue weighted by Gasteiger charge is 2.43. The number of aromatic amines is 1. The summed E-state index contributed by atoms with van der Waals surface area (Å²) >= 11 is 0. The lowest BCUT2D eigenvalue weighted by atomic mass is 10.2. The maximum absolute atomic E-state index is 12.8. The number of carbonyl (C=O) groups excluding carboxylic acids is 2. The minimum atomic E-state index is -3.59. The summed E-state index contributed by atoms with van der Waals surface area (Å²) in [5, 5.41) is 9.81.